The molecule has 0 unspecified atom stereocenters. The number of hydrogen-bond acceptors (Lipinski definition) is 7. The number of morpholine rings is 1. The number of anilines is 2. The lowest BCUT2D eigenvalue weighted by Gasteiger charge is -2.28. The van der Waals surface area contributed by atoms with Crippen molar-refractivity contribution in [2.24, 2.45) is 0 Å². The first-order valence-electron chi connectivity index (χ1n) is 8.82. The number of carbonyl (C=O) groups excluding carboxylic acids is 3. The van der Waals surface area contributed by atoms with Crippen molar-refractivity contribution in [3.05, 3.63) is 46.7 Å². The Morgan fingerprint density at radius 1 is 1.11 bits per heavy atom. The maximum absolute atomic E-state index is 11.9. The number of nitrogens with one attached hydrogen (secondary N) is 2. The van der Waals surface area contributed by atoms with E-state index in [4.69, 9.17) is 9.47 Å². The van der Waals surface area contributed by atoms with Gasteiger partial charge >= 0.3 is 5.97 Å². The molecule has 9 heteroatoms. The van der Waals surface area contributed by atoms with Crippen molar-refractivity contribution >= 4 is 40.5 Å². The van der Waals surface area contributed by atoms with Gasteiger partial charge in [0.15, 0.2) is 6.61 Å². The molecular formula is C19H21N3O5S. The second-order valence-electron chi connectivity index (χ2n) is 6.02. The number of carbonyl (C=O) groups is 3. The van der Waals surface area contributed by atoms with Gasteiger partial charge in [-0.15, -0.1) is 11.3 Å². The van der Waals surface area contributed by atoms with Crippen LogP contribution in [0.4, 0.5) is 11.4 Å². The summed E-state index contributed by atoms with van der Waals surface area (Å²) >= 11 is 1.27. The smallest absolute Gasteiger partial charge is 0.325 e. The quantitative estimate of drug-likeness (QED) is 0.680. The molecule has 2 aromatic rings. The number of hydrogen-bond donors (Lipinski definition) is 2. The zero-order valence-corrected chi connectivity index (χ0v) is 16.0. The van der Waals surface area contributed by atoms with E-state index in [0.717, 1.165) is 18.8 Å². The fourth-order valence-corrected chi connectivity index (χ4v) is 3.26. The largest absolute Gasteiger partial charge is 0.454 e. The lowest BCUT2D eigenvalue weighted by Crippen LogP contribution is -2.36. The van der Waals surface area contributed by atoms with Crippen LogP contribution in [-0.2, 0) is 19.1 Å². The molecule has 0 spiro atoms. The van der Waals surface area contributed by atoms with Crippen LogP contribution in [0.25, 0.3) is 0 Å². The zero-order valence-electron chi connectivity index (χ0n) is 15.2. The Morgan fingerprint density at radius 3 is 2.54 bits per heavy atom. The first-order chi connectivity index (χ1) is 13.6. The van der Waals surface area contributed by atoms with Gasteiger partial charge in [-0.3, -0.25) is 14.4 Å². The van der Waals surface area contributed by atoms with Crippen molar-refractivity contribution in [2.75, 3.05) is 49.7 Å². The van der Waals surface area contributed by atoms with E-state index < -0.39 is 18.5 Å². The second-order valence-corrected chi connectivity index (χ2v) is 6.96. The number of benzene rings is 1. The molecule has 2 N–H and O–H groups in total. The highest BCUT2D eigenvalue weighted by molar-refractivity contribution is 7.12. The highest BCUT2D eigenvalue weighted by Crippen LogP contribution is 2.19. The molecule has 2 heterocycles. The van der Waals surface area contributed by atoms with Crippen LogP contribution >= 0.6 is 11.3 Å². The molecule has 1 aliphatic heterocycles. The Balaban J connectivity index is 1.37. The van der Waals surface area contributed by atoms with E-state index in [1.807, 2.05) is 12.1 Å². The third-order valence-corrected chi connectivity index (χ3v) is 4.90. The summed E-state index contributed by atoms with van der Waals surface area (Å²) in [5.74, 6) is -1.48. The molecule has 8 nitrogen and oxygen atoms in total. The maximum atomic E-state index is 11.9. The summed E-state index contributed by atoms with van der Waals surface area (Å²) in [6.45, 7) is 2.38. The standard InChI is InChI=1S/C19H21N3O5S/c23-17(13-27-18(24)12-20-19(25)16-2-1-11-28-16)21-14-3-5-15(6-4-14)22-7-9-26-10-8-22/h1-6,11H,7-10,12-13H2,(H,20,25)(H,21,23). The number of esters is 1. The lowest BCUT2D eigenvalue weighted by molar-refractivity contribution is -0.146. The SMILES string of the molecule is O=C(COC(=O)CNC(=O)c1cccs1)Nc1ccc(N2CCOCC2)cc1. The molecule has 1 fully saturated rings. The van der Waals surface area contributed by atoms with Crippen LogP contribution in [0.3, 0.4) is 0 Å². The molecule has 1 aliphatic rings. The first kappa shape index (κ1) is 19.8. The van der Waals surface area contributed by atoms with E-state index in [9.17, 15) is 14.4 Å². The van der Waals surface area contributed by atoms with Gasteiger partial charge in [-0.25, -0.2) is 0 Å². The van der Waals surface area contributed by atoms with Gasteiger partial charge in [0.1, 0.15) is 6.54 Å². The van der Waals surface area contributed by atoms with Crippen LogP contribution in [0.5, 0.6) is 0 Å². The van der Waals surface area contributed by atoms with Gasteiger partial charge in [0.25, 0.3) is 11.8 Å². The van der Waals surface area contributed by atoms with Crippen LogP contribution in [0.2, 0.25) is 0 Å². The molecule has 2 amide bonds. The molecule has 0 atom stereocenters. The van der Waals surface area contributed by atoms with Gasteiger partial charge in [-0.05, 0) is 35.7 Å². The predicted octanol–water partition coefficient (Wildman–Crippen LogP) is 1.50. The van der Waals surface area contributed by atoms with Crippen LogP contribution < -0.4 is 15.5 Å². The van der Waals surface area contributed by atoms with Gasteiger partial charge < -0.3 is 25.0 Å². The molecule has 0 aliphatic carbocycles. The number of nitrogens with zero attached hydrogens (tertiary/aromatic N) is 1. The fraction of sp³-hybridized carbons (Fsp3) is 0.316. The van der Waals surface area contributed by atoms with E-state index in [-0.39, 0.29) is 12.5 Å². The Bertz CT molecular complexity index is 801. The molecular weight excluding hydrogens is 382 g/mol. The fourth-order valence-electron chi connectivity index (χ4n) is 2.62. The Hall–Kier alpha value is -2.91. The highest BCUT2D eigenvalue weighted by atomic mass is 32.1. The first-order valence-corrected chi connectivity index (χ1v) is 9.70. The summed E-state index contributed by atoms with van der Waals surface area (Å²) in [6.07, 6.45) is 0. The summed E-state index contributed by atoms with van der Waals surface area (Å²) in [5, 5.41) is 6.89. The maximum Gasteiger partial charge on any atom is 0.325 e. The number of amides is 2. The van der Waals surface area contributed by atoms with Crippen molar-refractivity contribution in [3.8, 4) is 0 Å². The van der Waals surface area contributed by atoms with Gasteiger partial charge in [0, 0.05) is 24.5 Å². The summed E-state index contributed by atoms with van der Waals surface area (Å²) in [4.78, 5) is 38.0. The van der Waals surface area contributed by atoms with E-state index >= 15 is 0 Å². The third-order valence-electron chi connectivity index (χ3n) is 4.03. The molecule has 3 rings (SSSR count). The highest BCUT2D eigenvalue weighted by Gasteiger charge is 2.13. The Kier molecular flexibility index (Phi) is 6.99. The van der Waals surface area contributed by atoms with E-state index in [2.05, 4.69) is 15.5 Å². The van der Waals surface area contributed by atoms with E-state index in [0.29, 0.717) is 23.8 Å². The summed E-state index contributed by atoms with van der Waals surface area (Å²) < 4.78 is 10.2. The van der Waals surface area contributed by atoms with Crippen LogP contribution in [0.15, 0.2) is 41.8 Å². The molecule has 0 saturated carbocycles. The minimum Gasteiger partial charge on any atom is -0.454 e. The van der Waals surface area contributed by atoms with Crippen molar-refractivity contribution in [1.29, 1.82) is 0 Å². The number of thiophene rings is 1. The predicted molar refractivity (Wildman–Crippen MR) is 106 cm³/mol. The Labute approximate surface area is 166 Å². The van der Waals surface area contributed by atoms with E-state index in [1.54, 1.807) is 29.6 Å². The summed E-state index contributed by atoms with van der Waals surface area (Å²) in [7, 11) is 0. The molecule has 148 valence electrons. The van der Waals surface area contributed by atoms with Gasteiger partial charge in [-0.1, -0.05) is 6.07 Å². The Morgan fingerprint density at radius 2 is 1.86 bits per heavy atom. The average Bonchev–Trinajstić information content (AvgIpc) is 3.27. The van der Waals surface area contributed by atoms with Crippen LogP contribution in [-0.4, -0.2) is 57.2 Å². The zero-order chi connectivity index (χ0) is 19.8. The summed E-state index contributed by atoms with van der Waals surface area (Å²) in [5.41, 5.74) is 1.68. The molecule has 1 aromatic carbocycles. The van der Waals surface area contributed by atoms with Crippen molar-refractivity contribution in [1.82, 2.24) is 5.32 Å². The van der Waals surface area contributed by atoms with Crippen molar-refractivity contribution < 1.29 is 23.9 Å². The van der Waals surface area contributed by atoms with Crippen LogP contribution in [0.1, 0.15) is 9.67 Å². The number of rotatable bonds is 7. The second kappa shape index (κ2) is 9.86. The average molecular weight is 403 g/mol. The van der Waals surface area contributed by atoms with Gasteiger partial charge in [0.05, 0.1) is 18.1 Å². The van der Waals surface area contributed by atoms with Crippen molar-refractivity contribution in [3.63, 3.8) is 0 Å². The monoisotopic (exact) mass is 403 g/mol. The van der Waals surface area contributed by atoms with Gasteiger partial charge in [-0.2, -0.15) is 0 Å². The molecule has 28 heavy (non-hydrogen) atoms. The molecule has 1 aromatic heterocycles. The summed E-state index contributed by atoms with van der Waals surface area (Å²) in [6, 6.07) is 10.8. The van der Waals surface area contributed by atoms with Crippen molar-refractivity contribution in [2.45, 2.75) is 0 Å². The topological polar surface area (TPSA) is 97.0 Å². The number of ether oxygens (including phenoxy) is 2. The third kappa shape index (κ3) is 5.80. The van der Waals surface area contributed by atoms with E-state index in [1.165, 1.54) is 11.3 Å². The minimum atomic E-state index is -0.678. The molecule has 1 saturated heterocycles. The molecule has 0 radical (unpaired) electrons. The minimum absolute atomic E-state index is 0.293. The van der Waals surface area contributed by atoms with Gasteiger partial charge in [0.2, 0.25) is 0 Å². The normalized spacial score (nSPS) is 13.6. The molecule has 0 bridgehead atoms. The lowest BCUT2D eigenvalue weighted by atomic mass is 10.2. The van der Waals surface area contributed by atoms with Crippen LogP contribution in [0, 0.1) is 0 Å².